The first-order chi connectivity index (χ1) is 9.54. The molecule has 0 aliphatic heterocycles. The topological polar surface area (TPSA) is 58.2 Å². The molecule has 4 nitrogen and oxygen atoms in total. The zero-order chi connectivity index (χ0) is 14.5. The van der Waals surface area contributed by atoms with E-state index in [0.717, 1.165) is 4.47 Å². The van der Waals surface area contributed by atoms with E-state index in [1.807, 2.05) is 0 Å². The molecule has 2 aromatic rings. The fraction of sp³-hybridized carbons (Fsp3) is 0. The number of hydrogen-bond donors (Lipinski definition) is 2. The number of carbonyl (C=O) groups excluding carboxylic acids is 2. The summed E-state index contributed by atoms with van der Waals surface area (Å²) < 4.78 is 13.5. The van der Waals surface area contributed by atoms with Gasteiger partial charge in [0.1, 0.15) is 5.82 Å². The van der Waals surface area contributed by atoms with Crippen molar-refractivity contribution >= 4 is 39.1 Å². The average Bonchev–Trinajstić information content (AvgIpc) is 2.41. The third-order valence-corrected chi connectivity index (χ3v) is 2.88. The summed E-state index contributed by atoms with van der Waals surface area (Å²) in [7, 11) is 0. The zero-order valence-electron chi connectivity index (χ0n) is 10.2. The van der Waals surface area contributed by atoms with E-state index in [-0.39, 0.29) is 0 Å². The van der Waals surface area contributed by atoms with E-state index in [1.54, 1.807) is 24.3 Å². The van der Waals surface area contributed by atoms with Crippen LogP contribution in [0.1, 0.15) is 0 Å². The molecule has 0 atom stereocenters. The molecule has 0 aliphatic carbocycles. The summed E-state index contributed by atoms with van der Waals surface area (Å²) in [4.78, 5) is 23.3. The minimum atomic E-state index is -0.823. The first kappa shape index (κ1) is 14.2. The summed E-state index contributed by atoms with van der Waals surface area (Å²) in [5, 5.41) is 4.83. The number of amides is 2. The number of halogens is 2. The molecule has 102 valence electrons. The van der Waals surface area contributed by atoms with E-state index in [2.05, 4.69) is 26.6 Å². The van der Waals surface area contributed by atoms with E-state index in [9.17, 15) is 14.0 Å². The fourth-order valence-electron chi connectivity index (χ4n) is 1.48. The summed E-state index contributed by atoms with van der Waals surface area (Å²) >= 11 is 3.26. The van der Waals surface area contributed by atoms with Gasteiger partial charge in [0, 0.05) is 15.8 Å². The monoisotopic (exact) mass is 336 g/mol. The third-order valence-electron chi connectivity index (χ3n) is 2.39. The number of nitrogens with one attached hydrogen (secondary N) is 2. The van der Waals surface area contributed by atoms with Crippen LogP contribution >= 0.6 is 15.9 Å². The SMILES string of the molecule is O=C(Nc1ccc(F)cc1)C(=O)Nc1cccc(Br)c1. The van der Waals surface area contributed by atoms with Crippen molar-refractivity contribution in [3.63, 3.8) is 0 Å². The Kier molecular flexibility index (Phi) is 4.47. The van der Waals surface area contributed by atoms with Crippen molar-refractivity contribution in [3.8, 4) is 0 Å². The van der Waals surface area contributed by atoms with Gasteiger partial charge < -0.3 is 10.6 Å². The van der Waals surface area contributed by atoms with Crippen molar-refractivity contribution in [3.05, 3.63) is 58.8 Å². The van der Waals surface area contributed by atoms with Gasteiger partial charge in [-0.1, -0.05) is 22.0 Å². The lowest BCUT2D eigenvalue weighted by Crippen LogP contribution is -2.29. The number of rotatable bonds is 2. The molecule has 2 aromatic carbocycles. The van der Waals surface area contributed by atoms with Crippen LogP contribution in [-0.2, 0) is 9.59 Å². The number of anilines is 2. The normalized spacial score (nSPS) is 9.90. The molecule has 0 fully saturated rings. The van der Waals surface area contributed by atoms with Gasteiger partial charge in [0.2, 0.25) is 0 Å². The van der Waals surface area contributed by atoms with Crippen LogP contribution in [0.2, 0.25) is 0 Å². The summed E-state index contributed by atoms with van der Waals surface area (Å²) in [6.07, 6.45) is 0. The molecule has 20 heavy (non-hydrogen) atoms. The second kappa shape index (κ2) is 6.29. The Morgan fingerprint density at radius 1 is 0.900 bits per heavy atom. The molecule has 0 bridgehead atoms. The van der Waals surface area contributed by atoms with Gasteiger partial charge in [0.05, 0.1) is 0 Å². The van der Waals surface area contributed by atoms with Crippen LogP contribution in [0, 0.1) is 5.82 Å². The smallest absolute Gasteiger partial charge is 0.314 e. The molecule has 6 heteroatoms. The van der Waals surface area contributed by atoms with Crippen LogP contribution < -0.4 is 10.6 Å². The van der Waals surface area contributed by atoms with E-state index in [4.69, 9.17) is 0 Å². The van der Waals surface area contributed by atoms with E-state index >= 15 is 0 Å². The van der Waals surface area contributed by atoms with Crippen LogP contribution in [0.4, 0.5) is 15.8 Å². The number of carbonyl (C=O) groups is 2. The number of hydrogen-bond acceptors (Lipinski definition) is 2. The van der Waals surface area contributed by atoms with Crippen LogP contribution in [0.3, 0.4) is 0 Å². The minimum Gasteiger partial charge on any atom is -0.318 e. The number of benzene rings is 2. The predicted molar refractivity (Wildman–Crippen MR) is 77.8 cm³/mol. The fourth-order valence-corrected chi connectivity index (χ4v) is 1.87. The maximum Gasteiger partial charge on any atom is 0.314 e. The summed E-state index contributed by atoms with van der Waals surface area (Å²) in [5.74, 6) is -2.04. The molecular formula is C14H10BrFN2O2. The first-order valence-electron chi connectivity index (χ1n) is 5.68. The average molecular weight is 337 g/mol. The van der Waals surface area contributed by atoms with Gasteiger partial charge in [0.25, 0.3) is 0 Å². The van der Waals surface area contributed by atoms with E-state index in [1.165, 1.54) is 24.3 Å². The molecule has 0 saturated heterocycles. The van der Waals surface area contributed by atoms with Crippen LogP contribution in [-0.4, -0.2) is 11.8 Å². The van der Waals surface area contributed by atoms with Crippen LogP contribution in [0.5, 0.6) is 0 Å². The van der Waals surface area contributed by atoms with Crippen LogP contribution in [0.25, 0.3) is 0 Å². The molecule has 0 radical (unpaired) electrons. The summed E-state index contributed by atoms with van der Waals surface area (Å²) in [6, 6.07) is 12.0. The van der Waals surface area contributed by atoms with Crippen molar-refractivity contribution in [1.82, 2.24) is 0 Å². The van der Waals surface area contributed by atoms with Crippen LogP contribution in [0.15, 0.2) is 53.0 Å². The second-order valence-corrected chi connectivity index (χ2v) is 4.84. The lowest BCUT2D eigenvalue weighted by Gasteiger charge is -2.06. The van der Waals surface area contributed by atoms with Gasteiger partial charge in [-0.3, -0.25) is 9.59 Å². The molecule has 2 N–H and O–H groups in total. The minimum absolute atomic E-state index is 0.348. The molecule has 0 saturated carbocycles. The van der Waals surface area contributed by atoms with Gasteiger partial charge in [-0.25, -0.2) is 4.39 Å². The molecule has 0 aromatic heterocycles. The maximum atomic E-state index is 12.7. The van der Waals surface area contributed by atoms with Gasteiger partial charge in [-0.15, -0.1) is 0 Å². The third kappa shape index (κ3) is 3.89. The lowest BCUT2D eigenvalue weighted by molar-refractivity contribution is -0.132. The van der Waals surface area contributed by atoms with Crippen molar-refractivity contribution in [1.29, 1.82) is 0 Å². The van der Waals surface area contributed by atoms with E-state index < -0.39 is 17.6 Å². The molecule has 0 heterocycles. The molecule has 0 unspecified atom stereocenters. The Bertz CT molecular complexity index is 644. The van der Waals surface area contributed by atoms with Crippen molar-refractivity contribution in [2.75, 3.05) is 10.6 Å². The quantitative estimate of drug-likeness (QED) is 0.827. The molecule has 0 spiro atoms. The van der Waals surface area contributed by atoms with E-state index in [0.29, 0.717) is 11.4 Å². The Morgan fingerprint density at radius 2 is 1.50 bits per heavy atom. The van der Waals surface area contributed by atoms with Gasteiger partial charge in [-0.2, -0.15) is 0 Å². The standard InChI is InChI=1S/C14H10BrFN2O2/c15-9-2-1-3-12(8-9)18-14(20)13(19)17-11-6-4-10(16)5-7-11/h1-8H,(H,17,19)(H,18,20). The Balaban J connectivity index is 1.98. The lowest BCUT2D eigenvalue weighted by atomic mass is 10.3. The highest BCUT2D eigenvalue weighted by molar-refractivity contribution is 9.10. The van der Waals surface area contributed by atoms with Gasteiger partial charge in [-0.05, 0) is 42.5 Å². The second-order valence-electron chi connectivity index (χ2n) is 3.93. The first-order valence-corrected chi connectivity index (χ1v) is 6.47. The van der Waals surface area contributed by atoms with Gasteiger partial charge in [0.15, 0.2) is 0 Å². The van der Waals surface area contributed by atoms with Crippen molar-refractivity contribution in [2.45, 2.75) is 0 Å². The Hall–Kier alpha value is -2.21. The highest BCUT2D eigenvalue weighted by Gasteiger charge is 2.14. The highest BCUT2D eigenvalue weighted by Crippen LogP contribution is 2.15. The van der Waals surface area contributed by atoms with Gasteiger partial charge >= 0.3 is 11.8 Å². The maximum absolute atomic E-state index is 12.7. The molecular weight excluding hydrogens is 327 g/mol. The largest absolute Gasteiger partial charge is 0.318 e. The molecule has 0 aliphatic rings. The summed E-state index contributed by atoms with van der Waals surface area (Å²) in [5.41, 5.74) is 0.847. The summed E-state index contributed by atoms with van der Waals surface area (Å²) in [6.45, 7) is 0. The van der Waals surface area contributed by atoms with Crippen molar-refractivity contribution < 1.29 is 14.0 Å². The Morgan fingerprint density at radius 3 is 2.10 bits per heavy atom. The van der Waals surface area contributed by atoms with Crippen molar-refractivity contribution in [2.24, 2.45) is 0 Å². The molecule has 2 rings (SSSR count). The predicted octanol–water partition coefficient (Wildman–Crippen LogP) is 3.17. The molecule has 2 amide bonds. The zero-order valence-corrected chi connectivity index (χ0v) is 11.8. The Labute approximate surface area is 123 Å². The highest BCUT2D eigenvalue weighted by atomic mass is 79.9.